The number of nitrogens with one attached hydrogen (secondary N) is 2. The van der Waals surface area contributed by atoms with Gasteiger partial charge in [-0.25, -0.2) is 0 Å². The molecule has 1 saturated heterocycles. The summed E-state index contributed by atoms with van der Waals surface area (Å²) in [5.74, 6) is -1.33. The van der Waals surface area contributed by atoms with Crippen LogP contribution in [0.25, 0.3) is 0 Å². The molecule has 0 aliphatic carbocycles. The molecule has 0 aromatic heterocycles. The summed E-state index contributed by atoms with van der Waals surface area (Å²) in [6.07, 6.45) is 1.16. The highest BCUT2D eigenvalue weighted by atomic mass is 16.5. The van der Waals surface area contributed by atoms with Crippen LogP contribution in [0.3, 0.4) is 0 Å². The number of benzene rings is 1. The van der Waals surface area contributed by atoms with Crippen LogP contribution >= 0.6 is 0 Å². The summed E-state index contributed by atoms with van der Waals surface area (Å²) >= 11 is 0. The van der Waals surface area contributed by atoms with Gasteiger partial charge < -0.3 is 20.5 Å². The SMILES string of the molecule is O=C(CCNC(=O)Cc1ccccc1)NCC1(C(=O)O)CCOCC1. The predicted octanol–water partition coefficient (Wildman–Crippen LogP) is 0.733. The molecule has 1 aromatic carbocycles. The van der Waals surface area contributed by atoms with Crippen LogP contribution < -0.4 is 10.6 Å². The highest BCUT2D eigenvalue weighted by molar-refractivity contribution is 5.81. The Bertz CT molecular complexity index is 597. The Hall–Kier alpha value is -2.41. The van der Waals surface area contributed by atoms with Crippen molar-refractivity contribution in [1.29, 1.82) is 0 Å². The minimum Gasteiger partial charge on any atom is -0.481 e. The van der Waals surface area contributed by atoms with Crippen LogP contribution in [0.4, 0.5) is 0 Å². The fraction of sp³-hybridized carbons (Fsp3) is 0.500. The minimum atomic E-state index is -0.954. The van der Waals surface area contributed by atoms with Crippen LogP contribution in [0, 0.1) is 5.41 Å². The minimum absolute atomic E-state index is 0.0858. The number of hydrogen-bond donors (Lipinski definition) is 3. The lowest BCUT2D eigenvalue weighted by Crippen LogP contribution is -2.47. The molecular weight excluding hydrogens is 324 g/mol. The molecule has 0 spiro atoms. The Labute approximate surface area is 146 Å². The van der Waals surface area contributed by atoms with Gasteiger partial charge in [0, 0.05) is 32.7 Å². The number of hydrogen-bond acceptors (Lipinski definition) is 4. The number of carbonyl (C=O) groups excluding carboxylic acids is 2. The van der Waals surface area contributed by atoms with E-state index < -0.39 is 11.4 Å². The van der Waals surface area contributed by atoms with Gasteiger partial charge in [-0.1, -0.05) is 30.3 Å². The van der Waals surface area contributed by atoms with Gasteiger partial charge >= 0.3 is 5.97 Å². The topological polar surface area (TPSA) is 105 Å². The smallest absolute Gasteiger partial charge is 0.311 e. The zero-order chi connectivity index (χ0) is 18.1. The fourth-order valence-electron chi connectivity index (χ4n) is 2.74. The third-order valence-corrected chi connectivity index (χ3v) is 4.41. The molecule has 1 aromatic rings. The van der Waals surface area contributed by atoms with Gasteiger partial charge in [-0.3, -0.25) is 14.4 Å². The number of aliphatic carboxylic acids is 1. The first-order chi connectivity index (χ1) is 12.0. The zero-order valence-corrected chi connectivity index (χ0v) is 14.1. The van der Waals surface area contributed by atoms with Crippen LogP contribution in [-0.4, -0.2) is 49.2 Å². The maximum atomic E-state index is 11.9. The number of carbonyl (C=O) groups is 3. The van der Waals surface area contributed by atoms with E-state index >= 15 is 0 Å². The molecular formula is C18H24N2O5. The molecule has 1 heterocycles. The molecule has 0 saturated carbocycles. The molecule has 1 fully saturated rings. The average molecular weight is 348 g/mol. The predicted molar refractivity (Wildman–Crippen MR) is 90.9 cm³/mol. The number of ether oxygens (including phenoxy) is 1. The van der Waals surface area contributed by atoms with Crippen molar-refractivity contribution in [3.05, 3.63) is 35.9 Å². The Morgan fingerprint density at radius 2 is 1.72 bits per heavy atom. The van der Waals surface area contributed by atoms with E-state index in [1.807, 2.05) is 30.3 Å². The molecule has 0 bridgehead atoms. The molecule has 0 unspecified atom stereocenters. The van der Waals surface area contributed by atoms with Crippen molar-refractivity contribution >= 4 is 17.8 Å². The first-order valence-corrected chi connectivity index (χ1v) is 8.40. The van der Waals surface area contributed by atoms with Gasteiger partial charge in [0.15, 0.2) is 0 Å². The molecule has 2 amide bonds. The van der Waals surface area contributed by atoms with Crippen molar-refractivity contribution in [2.45, 2.75) is 25.7 Å². The summed E-state index contributed by atoms with van der Waals surface area (Å²) in [5.41, 5.74) is -0.0443. The normalized spacial score (nSPS) is 16.0. The number of carboxylic acid groups (broad SMARTS) is 1. The summed E-state index contributed by atoms with van der Waals surface area (Å²) in [6, 6.07) is 9.35. The Morgan fingerprint density at radius 3 is 2.36 bits per heavy atom. The molecule has 0 atom stereocenters. The summed E-state index contributed by atoms with van der Waals surface area (Å²) in [4.78, 5) is 35.2. The summed E-state index contributed by atoms with van der Waals surface area (Å²) in [7, 11) is 0. The van der Waals surface area contributed by atoms with E-state index in [4.69, 9.17) is 4.74 Å². The van der Waals surface area contributed by atoms with Crippen molar-refractivity contribution in [2.24, 2.45) is 5.41 Å². The lowest BCUT2D eigenvalue weighted by atomic mass is 9.80. The van der Waals surface area contributed by atoms with Gasteiger partial charge in [0.05, 0.1) is 11.8 Å². The zero-order valence-electron chi connectivity index (χ0n) is 14.1. The lowest BCUT2D eigenvalue weighted by Gasteiger charge is -2.33. The van der Waals surface area contributed by atoms with E-state index in [0.717, 1.165) is 5.56 Å². The first kappa shape index (κ1) is 18.9. The van der Waals surface area contributed by atoms with Crippen molar-refractivity contribution < 1.29 is 24.2 Å². The van der Waals surface area contributed by atoms with E-state index in [-0.39, 0.29) is 37.7 Å². The van der Waals surface area contributed by atoms with E-state index in [1.165, 1.54) is 0 Å². The summed E-state index contributed by atoms with van der Waals surface area (Å²) in [6.45, 7) is 1.08. The Morgan fingerprint density at radius 1 is 1.04 bits per heavy atom. The van der Waals surface area contributed by atoms with E-state index in [0.29, 0.717) is 26.1 Å². The van der Waals surface area contributed by atoms with Crippen LogP contribution in [-0.2, 0) is 25.5 Å². The van der Waals surface area contributed by atoms with Gasteiger partial charge in [0.2, 0.25) is 11.8 Å². The molecule has 136 valence electrons. The quantitative estimate of drug-likeness (QED) is 0.642. The lowest BCUT2D eigenvalue weighted by molar-refractivity contribution is -0.154. The van der Waals surface area contributed by atoms with E-state index in [2.05, 4.69) is 10.6 Å². The van der Waals surface area contributed by atoms with E-state index in [1.54, 1.807) is 0 Å². The largest absolute Gasteiger partial charge is 0.481 e. The summed E-state index contributed by atoms with van der Waals surface area (Å²) < 4.78 is 5.20. The first-order valence-electron chi connectivity index (χ1n) is 8.40. The number of carboxylic acids is 1. The Balaban J connectivity index is 1.68. The van der Waals surface area contributed by atoms with Crippen LogP contribution in [0.1, 0.15) is 24.8 Å². The Kier molecular flexibility index (Phi) is 6.94. The molecule has 7 nitrogen and oxygen atoms in total. The molecule has 7 heteroatoms. The standard InChI is InChI=1S/C18H24N2O5/c21-15(20-13-18(17(23)24)7-10-25-11-8-18)6-9-19-16(22)12-14-4-2-1-3-5-14/h1-5H,6-13H2,(H,19,22)(H,20,21)(H,23,24). The third-order valence-electron chi connectivity index (χ3n) is 4.41. The van der Waals surface area contributed by atoms with Gasteiger partial charge in [0.25, 0.3) is 0 Å². The van der Waals surface area contributed by atoms with Crippen molar-refractivity contribution in [1.82, 2.24) is 10.6 Å². The van der Waals surface area contributed by atoms with Crippen LogP contribution in [0.2, 0.25) is 0 Å². The number of amides is 2. The maximum Gasteiger partial charge on any atom is 0.311 e. The van der Waals surface area contributed by atoms with Crippen LogP contribution in [0.5, 0.6) is 0 Å². The second-order valence-electron chi connectivity index (χ2n) is 6.24. The van der Waals surface area contributed by atoms with Gasteiger partial charge in [-0.2, -0.15) is 0 Å². The average Bonchev–Trinajstić information content (AvgIpc) is 2.61. The van der Waals surface area contributed by atoms with Gasteiger partial charge in [0.1, 0.15) is 0 Å². The number of rotatable bonds is 8. The van der Waals surface area contributed by atoms with Gasteiger partial charge in [-0.05, 0) is 18.4 Å². The molecule has 3 N–H and O–H groups in total. The van der Waals surface area contributed by atoms with Crippen molar-refractivity contribution in [3.63, 3.8) is 0 Å². The van der Waals surface area contributed by atoms with Crippen LogP contribution in [0.15, 0.2) is 30.3 Å². The molecule has 2 rings (SSSR count). The molecule has 1 aliphatic rings. The second kappa shape index (κ2) is 9.17. The fourth-order valence-corrected chi connectivity index (χ4v) is 2.74. The van der Waals surface area contributed by atoms with Crippen molar-refractivity contribution in [2.75, 3.05) is 26.3 Å². The third kappa shape index (κ3) is 5.86. The highest BCUT2D eigenvalue weighted by Gasteiger charge is 2.40. The highest BCUT2D eigenvalue weighted by Crippen LogP contribution is 2.30. The summed E-state index contributed by atoms with van der Waals surface area (Å²) in [5, 5.41) is 14.8. The van der Waals surface area contributed by atoms with Gasteiger partial charge in [-0.15, -0.1) is 0 Å². The maximum absolute atomic E-state index is 11.9. The monoisotopic (exact) mass is 348 g/mol. The molecule has 25 heavy (non-hydrogen) atoms. The van der Waals surface area contributed by atoms with Crippen molar-refractivity contribution in [3.8, 4) is 0 Å². The van der Waals surface area contributed by atoms with E-state index in [9.17, 15) is 19.5 Å². The molecule has 0 radical (unpaired) electrons. The molecule has 1 aliphatic heterocycles. The second-order valence-corrected chi connectivity index (χ2v) is 6.24.